The van der Waals surface area contributed by atoms with Crippen LogP contribution in [0.15, 0.2) is 46.9 Å². The van der Waals surface area contributed by atoms with Gasteiger partial charge in [-0.1, -0.05) is 41.9 Å². The average molecular weight is 493 g/mol. The molecule has 2 aromatic carbocycles. The number of nitrogen functional groups attached to an aromatic ring is 1. The van der Waals surface area contributed by atoms with E-state index in [0.29, 0.717) is 35.5 Å². The molecular weight excluding hydrogens is 464 g/mol. The monoisotopic (exact) mass is 492 g/mol. The first-order chi connectivity index (χ1) is 14.7. The first-order valence-electron chi connectivity index (χ1n) is 9.94. The molecule has 0 unspecified atom stereocenters. The molecule has 3 N–H and O–H groups in total. The van der Waals surface area contributed by atoms with Gasteiger partial charge >= 0.3 is 5.97 Å². The van der Waals surface area contributed by atoms with Crippen molar-refractivity contribution in [3.05, 3.63) is 63.6 Å². The maximum atomic E-state index is 12.7. The van der Waals surface area contributed by atoms with E-state index in [1.165, 1.54) is 0 Å². The molecular formula is C23H29BrN2O5. The van der Waals surface area contributed by atoms with Crippen LogP contribution in [0.5, 0.6) is 0 Å². The Hall–Kier alpha value is -2.71. The number of carbonyl (C=O) groups excluding carboxylic acids is 2. The van der Waals surface area contributed by atoms with Gasteiger partial charge < -0.3 is 20.5 Å². The maximum Gasteiger partial charge on any atom is 0.310 e. The van der Waals surface area contributed by atoms with Crippen LogP contribution in [0.25, 0.3) is 0 Å². The second kappa shape index (κ2) is 13.6. The van der Waals surface area contributed by atoms with Gasteiger partial charge in [0, 0.05) is 34.8 Å². The number of anilines is 1. The molecule has 8 heteroatoms. The number of rotatable bonds is 9. The number of likely N-dealkylation sites (N-methyl/N-ethyl adjacent to an activating group) is 1. The average Bonchev–Trinajstić information content (AvgIpc) is 2.72. The number of nitrogens with two attached hydrogens (primary N) is 1. The number of carboxylic acid groups (broad SMARTS) is 1. The van der Waals surface area contributed by atoms with Crippen molar-refractivity contribution in [2.24, 2.45) is 0 Å². The van der Waals surface area contributed by atoms with Crippen molar-refractivity contribution in [2.75, 3.05) is 32.0 Å². The number of ketones is 1. The van der Waals surface area contributed by atoms with Crippen LogP contribution in [0.3, 0.4) is 0 Å². The molecule has 0 heterocycles. The van der Waals surface area contributed by atoms with Gasteiger partial charge in [0.1, 0.15) is 6.61 Å². The number of esters is 1. The number of hydrogen-bond acceptors (Lipinski definition) is 6. The van der Waals surface area contributed by atoms with Gasteiger partial charge in [0.2, 0.25) is 0 Å². The summed E-state index contributed by atoms with van der Waals surface area (Å²) in [5, 5.41) is 7.42. The minimum absolute atomic E-state index is 0.0472. The van der Waals surface area contributed by atoms with Crippen molar-refractivity contribution >= 4 is 39.3 Å². The van der Waals surface area contributed by atoms with Crippen LogP contribution < -0.4 is 5.73 Å². The molecule has 0 saturated heterocycles. The van der Waals surface area contributed by atoms with Crippen molar-refractivity contribution in [2.45, 2.75) is 27.2 Å². The Morgan fingerprint density at radius 3 is 2.19 bits per heavy atom. The quantitative estimate of drug-likeness (QED) is 0.311. The molecule has 0 amide bonds. The molecule has 2 aromatic rings. The highest BCUT2D eigenvalue weighted by Gasteiger charge is 2.16. The van der Waals surface area contributed by atoms with E-state index < -0.39 is 5.97 Å². The molecule has 0 radical (unpaired) electrons. The number of halogens is 1. The third-order valence-corrected chi connectivity index (χ3v) is 4.98. The fraction of sp³-hybridized carbons (Fsp3) is 0.348. The van der Waals surface area contributed by atoms with Crippen LogP contribution in [-0.4, -0.2) is 54.0 Å². The lowest BCUT2D eigenvalue weighted by Gasteiger charge is -2.17. The van der Waals surface area contributed by atoms with E-state index in [4.69, 9.17) is 20.4 Å². The van der Waals surface area contributed by atoms with E-state index in [1.54, 1.807) is 42.5 Å². The Morgan fingerprint density at radius 2 is 1.65 bits per heavy atom. The van der Waals surface area contributed by atoms with Gasteiger partial charge in [-0.15, -0.1) is 0 Å². The number of hydrogen-bond donors (Lipinski definition) is 2. The summed E-state index contributed by atoms with van der Waals surface area (Å²) in [6, 6.07) is 12.2. The lowest BCUT2D eigenvalue weighted by Crippen LogP contribution is -2.28. The zero-order valence-electron chi connectivity index (χ0n) is 18.1. The van der Waals surface area contributed by atoms with Crippen LogP contribution in [-0.2, 0) is 20.7 Å². The van der Waals surface area contributed by atoms with Gasteiger partial charge in [-0.2, -0.15) is 0 Å². The van der Waals surface area contributed by atoms with Crippen LogP contribution in [0.4, 0.5) is 5.69 Å². The van der Waals surface area contributed by atoms with Gasteiger partial charge in [-0.25, -0.2) is 0 Å². The van der Waals surface area contributed by atoms with Gasteiger partial charge in [0.25, 0.3) is 5.97 Å². The maximum absolute atomic E-state index is 12.7. The molecule has 31 heavy (non-hydrogen) atoms. The van der Waals surface area contributed by atoms with E-state index in [0.717, 1.165) is 24.5 Å². The van der Waals surface area contributed by atoms with Crippen molar-refractivity contribution in [3.8, 4) is 0 Å². The summed E-state index contributed by atoms with van der Waals surface area (Å²) in [5.41, 5.74) is 8.04. The molecule has 0 aromatic heterocycles. The molecule has 0 atom stereocenters. The van der Waals surface area contributed by atoms with E-state index in [2.05, 4.69) is 34.7 Å². The fourth-order valence-corrected chi connectivity index (χ4v) is 3.02. The van der Waals surface area contributed by atoms with Crippen molar-refractivity contribution in [1.29, 1.82) is 0 Å². The number of para-hydroxylation sites is 1. The topological polar surface area (TPSA) is 110 Å². The molecule has 0 aliphatic rings. The summed E-state index contributed by atoms with van der Waals surface area (Å²) in [4.78, 5) is 36.0. The Kier molecular flexibility index (Phi) is 11.5. The molecule has 0 fully saturated rings. The largest absolute Gasteiger partial charge is 0.481 e. The molecule has 0 bridgehead atoms. The molecule has 2 rings (SSSR count). The molecule has 7 nitrogen and oxygen atoms in total. The Morgan fingerprint density at radius 1 is 1.06 bits per heavy atom. The lowest BCUT2D eigenvalue weighted by molar-refractivity contribution is -0.143. The standard InChI is InChI=1S/C21H25BrN2O3.C2H4O2/c1-3-24(4-2)12-13-27-19(25)14-16-6-5-7-18(20(16)23)21(26)15-8-10-17(22)11-9-15;1-2(3)4/h5-11H,3-4,12-14,23H2,1-2H3;1H3,(H,3,4). The van der Waals surface area contributed by atoms with Crippen molar-refractivity contribution in [1.82, 2.24) is 4.90 Å². The number of ether oxygens (including phenoxy) is 1. The second-order valence-electron chi connectivity index (χ2n) is 6.66. The SMILES string of the molecule is CC(=O)O.CCN(CC)CCOC(=O)Cc1cccc(C(=O)c2ccc(Br)cc2)c1N. The smallest absolute Gasteiger partial charge is 0.310 e. The minimum Gasteiger partial charge on any atom is -0.481 e. The molecule has 0 aliphatic carbocycles. The summed E-state index contributed by atoms with van der Waals surface area (Å²) in [6.45, 7) is 8.11. The molecule has 168 valence electrons. The zero-order chi connectivity index (χ0) is 23.4. The highest BCUT2D eigenvalue weighted by molar-refractivity contribution is 9.10. The predicted octanol–water partition coefficient (Wildman–Crippen LogP) is 3.78. The Balaban J connectivity index is 0.00000110. The lowest BCUT2D eigenvalue weighted by atomic mass is 9.98. The highest BCUT2D eigenvalue weighted by Crippen LogP contribution is 2.22. The first kappa shape index (κ1) is 26.3. The van der Waals surface area contributed by atoms with Crippen LogP contribution in [0.2, 0.25) is 0 Å². The number of carboxylic acids is 1. The van der Waals surface area contributed by atoms with E-state index in [9.17, 15) is 9.59 Å². The van der Waals surface area contributed by atoms with Crippen molar-refractivity contribution < 1.29 is 24.2 Å². The number of nitrogens with zero attached hydrogens (tertiary/aromatic N) is 1. The Bertz CT molecular complexity index is 876. The third kappa shape index (κ3) is 9.31. The third-order valence-electron chi connectivity index (χ3n) is 4.45. The van der Waals surface area contributed by atoms with Crippen LogP contribution >= 0.6 is 15.9 Å². The molecule has 0 saturated carbocycles. The number of benzene rings is 2. The van der Waals surface area contributed by atoms with Gasteiger partial charge in [0.15, 0.2) is 5.78 Å². The van der Waals surface area contributed by atoms with Crippen LogP contribution in [0.1, 0.15) is 42.3 Å². The normalized spacial score (nSPS) is 10.2. The van der Waals surface area contributed by atoms with Gasteiger partial charge in [-0.3, -0.25) is 14.4 Å². The summed E-state index contributed by atoms with van der Waals surface area (Å²) in [5.74, 6) is -1.35. The first-order valence-corrected chi connectivity index (χ1v) is 10.7. The van der Waals surface area contributed by atoms with Crippen LogP contribution in [0, 0.1) is 0 Å². The Labute approximate surface area is 191 Å². The summed E-state index contributed by atoms with van der Waals surface area (Å²) in [7, 11) is 0. The predicted molar refractivity (Wildman–Crippen MR) is 124 cm³/mol. The molecule has 0 aliphatic heterocycles. The number of aliphatic carboxylic acids is 1. The highest BCUT2D eigenvalue weighted by atomic mass is 79.9. The van der Waals surface area contributed by atoms with E-state index in [-0.39, 0.29) is 18.2 Å². The summed E-state index contributed by atoms with van der Waals surface area (Å²) in [6.07, 6.45) is 0.0472. The van der Waals surface area contributed by atoms with E-state index in [1.807, 2.05) is 0 Å². The summed E-state index contributed by atoms with van der Waals surface area (Å²) < 4.78 is 6.20. The minimum atomic E-state index is -0.833. The van der Waals surface area contributed by atoms with E-state index >= 15 is 0 Å². The molecule has 0 spiro atoms. The number of carbonyl (C=O) groups is 3. The summed E-state index contributed by atoms with van der Waals surface area (Å²) >= 11 is 3.35. The van der Waals surface area contributed by atoms with Gasteiger partial charge in [-0.05, 0) is 49.0 Å². The second-order valence-corrected chi connectivity index (χ2v) is 7.57. The zero-order valence-corrected chi connectivity index (χ0v) is 19.6. The van der Waals surface area contributed by atoms with Gasteiger partial charge in [0.05, 0.1) is 6.42 Å². The van der Waals surface area contributed by atoms with Crippen molar-refractivity contribution in [3.63, 3.8) is 0 Å². The fourth-order valence-electron chi connectivity index (χ4n) is 2.76.